The number of sulfonamides is 1. The monoisotopic (exact) mass is 436 g/mol. The van der Waals surface area contributed by atoms with E-state index in [0.29, 0.717) is 12.1 Å². The maximum atomic E-state index is 13.4. The number of carbonyl (C=O) groups is 1. The van der Waals surface area contributed by atoms with E-state index in [0.717, 1.165) is 12.8 Å². The Hall–Kier alpha value is -2.08. The molecule has 0 spiro atoms. The third kappa shape index (κ3) is 5.54. The first kappa shape index (κ1) is 24.2. The molecule has 30 heavy (non-hydrogen) atoms. The third-order valence-corrected chi connectivity index (χ3v) is 7.29. The Labute approximate surface area is 180 Å². The molecule has 0 bridgehead atoms. The minimum absolute atomic E-state index is 0.0474. The zero-order valence-corrected chi connectivity index (χ0v) is 19.2. The maximum absolute atomic E-state index is 13.4. The van der Waals surface area contributed by atoms with Gasteiger partial charge in [-0.15, -0.1) is 0 Å². The summed E-state index contributed by atoms with van der Waals surface area (Å²) in [5, 5.41) is 9.66. The van der Waals surface area contributed by atoms with Gasteiger partial charge in [0.15, 0.2) is 0 Å². The van der Waals surface area contributed by atoms with Crippen molar-refractivity contribution in [3.05, 3.63) is 23.8 Å². The molecule has 0 fully saturated rings. The highest BCUT2D eigenvalue weighted by Gasteiger charge is 2.38. The number of hydrogen-bond donors (Lipinski definition) is 1. The van der Waals surface area contributed by atoms with Gasteiger partial charge in [-0.3, -0.25) is 4.79 Å². The average Bonchev–Trinajstić information content (AvgIpc) is 2.70. The van der Waals surface area contributed by atoms with Crippen molar-refractivity contribution in [2.75, 3.05) is 26.7 Å². The predicted octanol–water partition coefficient (Wildman–Crippen LogP) is 2.09. The van der Waals surface area contributed by atoms with Gasteiger partial charge in [0.05, 0.1) is 13.2 Å². The van der Waals surface area contributed by atoms with Crippen LogP contribution < -0.4 is 4.74 Å². The molecule has 1 heterocycles. The normalized spacial score (nSPS) is 21.8. The Morgan fingerprint density at radius 1 is 1.43 bits per heavy atom. The van der Waals surface area contributed by atoms with Crippen LogP contribution in [-0.4, -0.2) is 67.5 Å². The summed E-state index contributed by atoms with van der Waals surface area (Å²) in [6.45, 7) is 7.30. The van der Waals surface area contributed by atoms with Gasteiger partial charge in [-0.05, 0) is 31.5 Å². The highest BCUT2D eigenvalue weighted by atomic mass is 32.2. The lowest BCUT2D eigenvalue weighted by Crippen LogP contribution is -2.50. The molecule has 2 rings (SSSR count). The lowest BCUT2D eigenvalue weighted by atomic mass is 10.0. The minimum atomic E-state index is -3.88. The van der Waals surface area contributed by atoms with Crippen molar-refractivity contribution in [3.63, 3.8) is 0 Å². The fourth-order valence-corrected chi connectivity index (χ4v) is 5.04. The molecule has 3 atom stereocenters. The van der Waals surface area contributed by atoms with Gasteiger partial charge >= 0.3 is 0 Å². The molecule has 0 radical (unpaired) electrons. The van der Waals surface area contributed by atoms with Gasteiger partial charge in [-0.2, -0.15) is 4.31 Å². The van der Waals surface area contributed by atoms with Gasteiger partial charge in [-0.25, -0.2) is 8.42 Å². The largest absolute Gasteiger partial charge is 0.487 e. The first-order valence-electron chi connectivity index (χ1n) is 10.3. The zero-order valence-electron chi connectivity index (χ0n) is 18.4. The second kappa shape index (κ2) is 10.3. The van der Waals surface area contributed by atoms with Gasteiger partial charge in [0, 0.05) is 44.5 Å². The van der Waals surface area contributed by atoms with Crippen molar-refractivity contribution in [3.8, 4) is 17.6 Å². The topological polar surface area (TPSA) is 87.2 Å². The van der Waals surface area contributed by atoms with Crippen molar-refractivity contribution in [2.45, 2.75) is 57.6 Å². The quantitative estimate of drug-likeness (QED) is 0.714. The number of rotatable bonds is 5. The Morgan fingerprint density at radius 3 is 2.73 bits per heavy atom. The number of aliphatic hydroxyl groups is 1. The van der Waals surface area contributed by atoms with E-state index in [1.165, 1.54) is 17.3 Å². The standard InChI is InChI=1S/C22H32N2O5S/c1-6-7-8-9-19-10-11-22-20(12-19)29-21(14-23(5)18(4)26)16(2)13-24(17(3)15-25)30(22,27)28/h10-12,16-17,21,25H,6-7,13-15H2,1-5H3/t16-,17+,21-/m0/s1. The lowest BCUT2D eigenvalue weighted by molar-refractivity contribution is -0.129. The number of carbonyl (C=O) groups excluding carboxylic acids is 1. The Kier molecular flexibility index (Phi) is 8.30. The maximum Gasteiger partial charge on any atom is 0.247 e. The molecule has 0 aliphatic carbocycles. The number of benzene rings is 1. The van der Waals surface area contributed by atoms with E-state index >= 15 is 0 Å². The molecule has 8 heteroatoms. The highest BCUT2D eigenvalue weighted by Crippen LogP contribution is 2.34. The van der Waals surface area contributed by atoms with Gasteiger partial charge < -0.3 is 14.7 Å². The van der Waals surface area contributed by atoms with Gasteiger partial charge in [0.25, 0.3) is 0 Å². The number of amides is 1. The van der Waals surface area contributed by atoms with E-state index < -0.39 is 22.2 Å². The number of unbranched alkanes of at least 4 members (excludes halogenated alkanes) is 1. The second-order valence-corrected chi connectivity index (χ2v) is 9.71. The van der Waals surface area contributed by atoms with Crippen LogP contribution in [0.25, 0.3) is 0 Å². The zero-order chi connectivity index (χ0) is 22.5. The molecule has 0 saturated carbocycles. The Balaban J connectivity index is 2.57. The molecular formula is C22H32N2O5S. The molecule has 0 saturated heterocycles. The van der Waals surface area contributed by atoms with E-state index in [9.17, 15) is 18.3 Å². The summed E-state index contributed by atoms with van der Waals surface area (Å²) in [4.78, 5) is 13.4. The van der Waals surface area contributed by atoms with Crippen molar-refractivity contribution in [1.29, 1.82) is 0 Å². The summed E-state index contributed by atoms with van der Waals surface area (Å²) in [6, 6.07) is 4.25. The molecule has 7 nitrogen and oxygen atoms in total. The number of fused-ring (bicyclic) bond motifs is 1. The molecular weight excluding hydrogens is 404 g/mol. The molecule has 1 aliphatic rings. The Morgan fingerprint density at radius 2 is 2.13 bits per heavy atom. The van der Waals surface area contributed by atoms with Crippen LogP contribution in [0.2, 0.25) is 0 Å². The van der Waals surface area contributed by atoms with E-state index in [1.807, 2.05) is 13.8 Å². The molecule has 0 aromatic heterocycles. The summed E-state index contributed by atoms with van der Waals surface area (Å²) < 4.78 is 34.2. The third-order valence-electron chi connectivity index (χ3n) is 5.27. The van der Waals surface area contributed by atoms with Crippen LogP contribution in [0.4, 0.5) is 0 Å². The van der Waals surface area contributed by atoms with Gasteiger partial charge in [-0.1, -0.05) is 25.7 Å². The van der Waals surface area contributed by atoms with E-state index in [4.69, 9.17) is 4.74 Å². The fourth-order valence-electron chi connectivity index (χ4n) is 3.21. The van der Waals surface area contributed by atoms with Crippen LogP contribution in [-0.2, 0) is 14.8 Å². The summed E-state index contributed by atoms with van der Waals surface area (Å²) in [5.74, 6) is 6.02. The van der Waals surface area contributed by atoms with Crippen LogP contribution >= 0.6 is 0 Å². The van der Waals surface area contributed by atoms with Crippen LogP contribution in [0.15, 0.2) is 23.1 Å². The number of likely N-dealkylation sites (N-methyl/N-ethyl adjacent to an activating group) is 1. The molecule has 1 aromatic rings. The summed E-state index contributed by atoms with van der Waals surface area (Å²) in [6.07, 6.45) is 1.27. The SMILES string of the molecule is CCCC#Cc1ccc2c(c1)O[C@@H](CN(C)C(C)=O)[C@@H](C)CN([C@H](C)CO)S2(=O)=O. The summed E-state index contributed by atoms with van der Waals surface area (Å²) in [7, 11) is -2.19. The predicted molar refractivity (Wildman–Crippen MR) is 116 cm³/mol. The Bertz CT molecular complexity index is 919. The van der Waals surface area contributed by atoms with Crippen LogP contribution in [0.3, 0.4) is 0 Å². The van der Waals surface area contributed by atoms with Crippen molar-refractivity contribution in [2.24, 2.45) is 5.92 Å². The first-order valence-corrected chi connectivity index (χ1v) is 11.7. The van der Waals surface area contributed by atoms with Crippen LogP contribution in [0.1, 0.15) is 46.1 Å². The number of aliphatic hydroxyl groups excluding tert-OH is 1. The molecule has 1 aromatic carbocycles. The van der Waals surface area contributed by atoms with Gasteiger partial charge in [0.1, 0.15) is 16.7 Å². The number of nitrogens with zero attached hydrogens (tertiary/aromatic N) is 2. The van der Waals surface area contributed by atoms with Crippen molar-refractivity contribution in [1.82, 2.24) is 9.21 Å². The van der Waals surface area contributed by atoms with E-state index in [-0.39, 0.29) is 35.6 Å². The smallest absolute Gasteiger partial charge is 0.247 e. The van der Waals surface area contributed by atoms with Gasteiger partial charge in [0.2, 0.25) is 15.9 Å². The van der Waals surface area contributed by atoms with E-state index in [2.05, 4.69) is 11.8 Å². The number of ether oxygens (including phenoxy) is 1. The minimum Gasteiger partial charge on any atom is -0.487 e. The van der Waals surface area contributed by atoms with Crippen LogP contribution in [0.5, 0.6) is 5.75 Å². The van der Waals surface area contributed by atoms with Crippen LogP contribution in [0, 0.1) is 17.8 Å². The molecule has 166 valence electrons. The summed E-state index contributed by atoms with van der Waals surface area (Å²) in [5.41, 5.74) is 0.672. The summed E-state index contributed by atoms with van der Waals surface area (Å²) >= 11 is 0. The first-order chi connectivity index (χ1) is 14.1. The van der Waals surface area contributed by atoms with E-state index in [1.54, 1.807) is 31.0 Å². The fraction of sp³-hybridized carbons (Fsp3) is 0.591. The van der Waals surface area contributed by atoms with Crippen molar-refractivity contribution >= 4 is 15.9 Å². The highest BCUT2D eigenvalue weighted by molar-refractivity contribution is 7.89. The molecule has 1 aliphatic heterocycles. The average molecular weight is 437 g/mol. The number of hydrogen-bond acceptors (Lipinski definition) is 5. The second-order valence-electron chi connectivity index (χ2n) is 7.85. The molecule has 1 amide bonds. The molecule has 0 unspecified atom stereocenters. The lowest BCUT2D eigenvalue weighted by Gasteiger charge is -2.37. The molecule has 1 N–H and O–H groups in total. The van der Waals surface area contributed by atoms with Crippen molar-refractivity contribution < 1.29 is 23.1 Å².